The van der Waals surface area contributed by atoms with Crippen molar-refractivity contribution in [2.45, 2.75) is 44.6 Å². The predicted octanol–water partition coefficient (Wildman–Crippen LogP) is 5.03. The summed E-state index contributed by atoms with van der Waals surface area (Å²) in [4.78, 5) is 30.4. The Labute approximate surface area is 180 Å². The molecule has 3 aromatic rings. The topological polar surface area (TPSA) is 60.7 Å². The van der Waals surface area contributed by atoms with E-state index in [1.54, 1.807) is 0 Å². The van der Waals surface area contributed by atoms with Gasteiger partial charge in [-0.1, -0.05) is 0 Å². The van der Waals surface area contributed by atoms with Gasteiger partial charge in [0.25, 0.3) is 5.56 Å². The molecule has 0 amide bonds. The number of aromatic nitrogens is 2. The minimum Gasteiger partial charge on any atom is -0.456 e. The van der Waals surface area contributed by atoms with Crippen LogP contribution in [0.2, 0.25) is 0 Å². The Bertz CT molecular complexity index is 1230. The van der Waals surface area contributed by atoms with Crippen molar-refractivity contribution in [3.05, 3.63) is 67.6 Å². The zero-order chi connectivity index (χ0) is 23.3. The van der Waals surface area contributed by atoms with Gasteiger partial charge < -0.3 is 4.74 Å². The molecular formula is C20H14F6N2O3S. The molecule has 0 N–H and O–H groups in total. The lowest BCUT2D eigenvalue weighted by molar-refractivity contribution is -0.143. The highest BCUT2D eigenvalue weighted by atomic mass is 32.1. The number of rotatable bonds is 3. The van der Waals surface area contributed by atoms with E-state index in [0.717, 1.165) is 42.3 Å². The predicted molar refractivity (Wildman–Crippen MR) is 102 cm³/mol. The number of alkyl halides is 6. The third kappa shape index (κ3) is 4.36. The second-order valence-electron chi connectivity index (χ2n) is 7.25. The zero-order valence-corrected chi connectivity index (χ0v) is 17.0. The number of fused-ring (bicyclic) bond motifs is 3. The fourth-order valence-electron chi connectivity index (χ4n) is 3.51. The van der Waals surface area contributed by atoms with E-state index in [2.05, 4.69) is 4.98 Å². The maximum absolute atomic E-state index is 13.0. The van der Waals surface area contributed by atoms with Gasteiger partial charge in [0.05, 0.1) is 22.4 Å². The smallest absolute Gasteiger partial charge is 0.416 e. The average Bonchev–Trinajstić information content (AvgIpc) is 3.09. The number of hydrogen-bond donors (Lipinski definition) is 0. The number of hydrogen-bond acceptors (Lipinski definition) is 5. The molecule has 0 saturated heterocycles. The van der Waals surface area contributed by atoms with Gasteiger partial charge in [0.1, 0.15) is 6.61 Å². The average molecular weight is 476 g/mol. The van der Waals surface area contributed by atoms with Gasteiger partial charge in [-0.3, -0.25) is 9.20 Å². The molecule has 0 fully saturated rings. The molecule has 170 valence electrons. The Morgan fingerprint density at radius 1 is 1.00 bits per heavy atom. The largest absolute Gasteiger partial charge is 0.456 e. The third-order valence-electron chi connectivity index (χ3n) is 4.99. The Balaban J connectivity index is 1.60. The van der Waals surface area contributed by atoms with Gasteiger partial charge in [0.15, 0.2) is 4.96 Å². The highest BCUT2D eigenvalue weighted by Gasteiger charge is 2.37. The quantitative estimate of drug-likeness (QED) is 0.393. The van der Waals surface area contributed by atoms with Crippen molar-refractivity contribution in [2.75, 3.05) is 0 Å². The molecule has 0 spiro atoms. The van der Waals surface area contributed by atoms with Crippen molar-refractivity contribution in [1.29, 1.82) is 0 Å². The number of carbonyl (C=O) groups is 1. The first-order valence-corrected chi connectivity index (χ1v) is 10.2. The molecule has 2 aromatic heterocycles. The van der Waals surface area contributed by atoms with E-state index in [1.165, 1.54) is 15.7 Å². The van der Waals surface area contributed by atoms with E-state index in [1.807, 2.05) is 0 Å². The van der Waals surface area contributed by atoms with Crippen LogP contribution in [0.5, 0.6) is 0 Å². The fourth-order valence-corrected chi connectivity index (χ4v) is 4.74. The number of halogens is 6. The summed E-state index contributed by atoms with van der Waals surface area (Å²) >= 11 is 1.33. The molecule has 0 bridgehead atoms. The van der Waals surface area contributed by atoms with Gasteiger partial charge in [-0.2, -0.15) is 26.3 Å². The molecule has 4 rings (SSSR count). The van der Waals surface area contributed by atoms with Gasteiger partial charge in [0, 0.05) is 16.6 Å². The van der Waals surface area contributed by atoms with Crippen LogP contribution in [0.3, 0.4) is 0 Å². The van der Waals surface area contributed by atoms with E-state index >= 15 is 0 Å². The summed E-state index contributed by atoms with van der Waals surface area (Å²) in [6.07, 6.45) is -6.67. The number of benzene rings is 1. The lowest BCUT2D eigenvalue weighted by atomic mass is 10.0. The number of thiazole rings is 1. The maximum atomic E-state index is 13.0. The van der Waals surface area contributed by atoms with E-state index < -0.39 is 41.6 Å². The highest BCUT2D eigenvalue weighted by Crippen LogP contribution is 2.36. The first-order valence-electron chi connectivity index (χ1n) is 9.43. The van der Waals surface area contributed by atoms with Gasteiger partial charge in [-0.05, 0) is 43.9 Å². The molecular weight excluding hydrogens is 462 g/mol. The Morgan fingerprint density at radius 2 is 1.62 bits per heavy atom. The summed E-state index contributed by atoms with van der Waals surface area (Å²) in [6.45, 7) is -0.579. The molecule has 0 unspecified atom stereocenters. The van der Waals surface area contributed by atoms with E-state index in [9.17, 15) is 35.9 Å². The second kappa shape index (κ2) is 7.91. The third-order valence-corrected chi connectivity index (χ3v) is 6.13. The summed E-state index contributed by atoms with van der Waals surface area (Å²) in [5.74, 6) is -1.39. The molecule has 1 aliphatic carbocycles. The Hall–Kier alpha value is -2.89. The second-order valence-corrected chi connectivity index (χ2v) is 8.32. The summed E-state index contributed by atoms with van der Waals surface area (Å²) in [7, 11) is 0. The number of aryl methyl sites for hydroxylation is 2. The lowest BCUT2D eigenvalue weighted by Crippen LogP contribution is -2.19. The van der Waals surface area contributed by atoms with Crippen LogP contribution in [0.25, 0.3) is 4.96 Å². The standard InChI is InChI=1S/C20H14F6N2O3S/c21-19(22,23)11-5-10(6-12(7-11)20(24,25)26)17(30)31-9-13-8-16(29)28-14-3-1-2-4-15(14)32-18(28)27-13/h5-8H,1-4,9H2. The van der Waals surface area contributed by atoms with Crippen molar-refractivity contribution in [1.82, 2.24) is 9.38 Å². The molecule has 1 aliphatic rings. The minimum absolute atomic E-state index is 0.0463. The van der Waals surface area contributed by atoms with Crippen LogP contribution >= 0.6 is 11.3 Å². The van der Waals surface area contributed by atoms with Crippen molar-refractivity contribution in [3.8, 4) is 0 Å². The Kier molecular flexibility index (Phi) is 5.51. The summed E-state index contributed by atoms with van der Waals surface area (Å²) in [5, 5.41) is 0. The molecule has 12 heteroatoms. The van der Waals surface area contributed by atoms with Crippen molar-refractivity contribution >= 4 is 22.3 Å². The van der Waals surface area contributed by atoms with Crippen molar-refractivity contribution in [3.63, 3.8) is 0 Å². The molecule has 2 heterocycles. The monoisotopic (exact) mass is 476 g/mol. The van der Waals surface area contributed by atoms with E-state index in [-0.39, 0.29) is 29.5 Å². The van der Waals surface area contributed by atoms with Crippen LogP contribution in [-0.2, 0) is 36.5 Å². The zero-order valence-electron chi connectivity index (χ0n) is 16.1. The first-order chi connectivity index (χ1) is 14.9. The highest BCUT2D eigenvalue weighted by molar-refractivity contribution is 7.17. The molecule has 0 aliphatic heterocycles. The molecule has 32 heavy (non-hydrogen) atoms. The summed E-state index contributed by atoms with van der Waals surface area (Å²) in [5.41, 5.74) is -3.61. The molecule has 1 aromatic carbocycles. The van der Waals surface area contributed by atoms with Crippen LogP contribution < -0.4 is 5.56 Å². The van der Waals surface area contributed by atoms with E-state index in [0.29, 0.717) is 4.96 Å². The number of ether oxygens (including phenoxy) is 1. The summed E-state index contributed by atoms with van der Waals surface area (Å²) in [6, 6.07) is 1.63. The Morgan fingerprint density at radius 3 is 2.25 bits per heavy atom. The van der Waals surface area contributed by atoms with Gasteiger partial charge >= 0.3 is 18.3 Å². The normalized spacial score (nSPS) is 14.4. The summed E-state index contributed by atoms with van der Waals surface area (Å²) < 4.78 is 84.2. The fraction of sp³-hybridized carbons (Fsp3) is 0.350. The van der Waals surface area contributed by atoms with Gasteiger partial charge in [-0.15, -0.1) is 11.3 Å². The first kappa shape index (κ1) is 22.3. The van der Waals surface area contributed by atoms with Gasteiger partial charge in [0.2, 0.25) is 0 Å². The van der Waals surface area contributed by atoms with Crippen LogP contribution in [0.15, 0.2) is 29.1 Å². The number of esters is 1. The van der Waals surface area contributed by atoms with Crippen molar-refractivity contribution < 1.29 is 35.9 Å². The van der Waals surface area contributed by atoms with E-state index in [4.69, 9.17) is 4.74 Å². The van der Waals surface area contributed by atoms with Crippen molar-refractivity contribution in [2.24, 2.45) is 0 Å². The lowest BCUT2D eigenvalue weighted by Gasteiger charge is -2.14. The molecule has 0 atom stereocenters. The molecule has 5 nitrogen and oxygen atoms in total. The van der Waals surface area contributed by atoms with Crippen LogP contribution in [0.4, 0.5) is 26.3 Å². The number of nitrogens with zero attached hydrogens (tertiary/aromatic N) is 2. The molecule has 0 saturated carbocycles. The van der Waals surface area contributed by atoms with Crippen LogP contribution in [0.1, 0.15) is 50.6 Å². The SMILES string of the molecule is O=C(OCc1cc(=O)n2c3c(sc2n1)CCCC3)c1cc(C(F)(F)F)cc(C(F)(F)F)c1. The minimum atomic E-state index is -5.09. The number of carbonyl (C=O) groups excluding carboxylic acids is 1. The van der Waals surface area contributed by atoms with Crippen LogP contribution in [0, 0.1) is 0 Å². The maximum Gasteiger partial charge on any atom is 0.416 e. The van der Waals surface area contributed by atoms with Gasteiger partial charge in [-0.25, -0.2) is 9.78 Å². The van der Waals surface area contributed by atoms with Crippen LogP contribution in [-0.4, -0.2) is 15.4 Å². The molecule has 0 radical (unpaired) electrons.